The Balaban J connectivity index is 2.00. The van der Waals surface area contributed by atoms with Gasteiger partial charge in [-0.2, -0.15) is 0 Å². The molecule has 1 nitrogen and oxygen atoms in total. The fraction of sp³-hybridized carbons (Fsp3) is 1.00. The molecule has 0 aromatic carbocycles. The van der Waals surface area contributed by atoms with E-state index in [2.05, 4.69) is 12.2 Å². The molecular weight excluding hydrogens is 134 g/mol. The molecule has 1 heteroatoms. The molecule has 11 heavy (non-hydrogen) atoms. The molecule has 1 N–H and O–H groups in total. The first kappa shape index (κ1) is 6.47. The van der Waals surface area contributed by atoms with Gasteiger partial charge in [0.25, 0.3) is 0 Å². The second-order valence-corrected chi connectivity index (χ2v) is 5.01. The Bertz CT molecular complexity index is 189. The molecule has 0 spiro atoms. The Morgan fingerprint density at radius 1 is 1.36 bits per heavy atom. The van der Waals surface area contributed by atoms with Gasteiger partial charge in [0.15, 0.2) is 0 Å². The molecule has 0 radical (unpaired) electrons. The van der Waals surface area contributed by atoms with Crippen LogP contribution in [-0.4, -0.2) is 13.1 Å². The van der Waals surface area contributed by atoms with Crippen LogP contribution in [0.1, 0.15) is 26.2 Å². The van der Waals surface area contributed by atoms with E-state index in [0.717, 1.165) is 17.8 Å². The molecule has 0 amide bonds. The monoisotopic (exact) mass is 151 g/mol. The lowest BCUT2D eigenvalue weighted by atomic mass is 9.70. The standard InChI is InChI=1S/C10H17N/c1-10-6-11-5-9(10)7-2-3-8(10)4-7/h7-9,11H,2-6H2,1H3/t7-,8-,9+,10-/m0/s1. The molecule has 0 unspecified atom stereocenters. The van der Waals surface area contributed by atoms with Gasteiger partial charge in [0.1, 0.15) is 0 Å². The normalized spacial score (nSPS) is 60.3. The Labute approximate surface area is 68.6 Å². The lowest BCUT2D eigenvalue weighted by Crippen LogP contribution is -2.32. The summed E-state index contributed by atoms with van der Waals surface area (Å²) >= 11 is 0. The summed E-state index contributed by atoms with van der Waals surface area (Å²) in [5.74, 6) is 3.22. The van der Waals surface area contributed by atoms with Crippen molar-refractivity contribution in [3.8, 4) is 0 Å². The van der Waals surface area contributed by atoms with Crippen LogP contribution in [0.2, 0.25) is 0 Å². The summed E-state index contributed by atoms with van der Waals surface area (Å²) in [6.07, 6.45) is 4.62. The number of fused-ring (bicyclic) bond motifs is 5. The summed E-state index contributed by atoms with van der Waals surface area (Å²) in [6.45, 7) is 5.14. The van der Waals surface area contributed by atoms with E-state index in [4.69, 9.17) is 0 Å². The minimum atomic E-state index is 0.711. The van der Waals surface area contributed by atoms with E-state index in [1.165, 1.54) is 25.9 Å². The quantitative estimate of drug-likeness (QED) is 0.555. The molecule has 2 saturated carbocycles. The Hall–Kier alpha value is -0.0400. The summed E-state index contributed by atoms with van der Waals surface area (Å²) in [5.41, 5.74) is 0.711. The Morgan fingerprint density at radius 3 is 3.09 bits per heavy atom. The van der Waals surface area contributed by atoms with E-state index >= 15 is 0 Å². The van der Waals surface area contributed by atoms with Crippen molar-refractivity contribution in [2.45, 2.75) is 26.2 Å². The largest absolute Gasteiger partial charge is 0.316 e. The first-order chi connectivity index (χ1) is 5.31. The number of rotatable bonds is 0. The van der Waals surface area contributed by atoms with Crippen LogP contribution in [0, 0.1) is 23.2 Å². The molecule has 62 valence electrons. The second-order valence-electron chi connectivity index (χ2n) is 5.01. The van der Waals surface area contributed by atoms with Gasteiger partial charge >= 0.3 is 0 Å². The van der Waals surface area contributed by atoms with Crippen LogP contribution in [0.4, 0.5) is 0 Å². The van der Waals surface area contributed by atoms with E-state index in [9.17, 15) is 0 Å². The van der Waals surface area contributed by atoms with E-state index in [-0.39, 0.29) is 0 Å². The van der Waals surface area contributed by atoms with Crippen LogP contribution in [0.5, 0.6) is 0 Å². The molecule has 2 aliphatic carbocycles. The zero-order valence-electron chi connectivity index (χ0n) is 7.27. The molecule has 1 saturated heterocycles. The highest BCUT2D eigenvalue weighted by Crippen LogP contribution is 2.60. The SMILES string of the molecule is C[C@@]12CNC[C@@H]1[C@H]1CC[C@H]2C1. The summed E-state index contributed by atoms with van der Waals surface area (Å²) in [7, 11) is 0. The third kappa shape index (κ3) is 0.618. The molecule has 2 bridgehead atoms. The molecule has 3 rings (SSSR count). The molecule has 4 atom stereocenters. The van der Waals surface area contributed by atoms with Crippen molar-refractivity contribution >= 4 is 0 Å². The molecule has 3 fully saturated rings. The molecule has 3 aliphatic rings. The summed E-state index contributed by atoms with van der Waals surface area (Å²) in [5, 5.41) is 3.57. The Kier molecular flexibility index (Phi) is 1.07. The van der Waals surface area contributed by atoms with Crippen molar-refractivity contribution < 1.29 is 0 Å². The fourth-order valence-corrected chi connectivity index (χ4v) is 3.99. The van der Waals surface area contributed by atoms with E-state index in [0.29, 0.717) is 5.41 Å². The predicted molar refractivity (Wildman–Crippen MR) is 45.3 cm³/mol. The van der Waals surface area contributed by atoms with Gasteiger partial charge in [-0.05, 0) is 49.0 Å². The van der Waals surface area contributed by atoms with Crippen molar-refractivity contribution in [2.24, 2.45) is 23.2 Å². The first-order valence-electron chi connectivity index (χ1n) is 5.01. The van der Waals surface area contributed by atoms with Gasteiger partial charge in [-0.3, -0.25) is 0 Å². The van der Waals surface area contributed by atoms with Crippen molar-refractivity contribution in [3.05, 3.63) is 0 Å². The van der Waals surface area contributed by atoms with Crippen LogP contribution in [0.25, 0.3) is 0 Å². The maximum atomic E-state index is 3.57. The average Bonchev–Trinajstić information content (AvgIpc) is 2.54. The topological polar surface area (TPSA) is 12.0 Å². The summed E-state index contributed by atoms with van der Waals surface area (Å²) in [6, 6.07) is 0. The summed E-state index contributed by atoms with van der Waals surface area (Å²) in [4.78, 5) is 0. The molecule has 0 aromatic heterocycles. The highest BCUT2D eigenvalue weighted by atomic mass is 15.0. The van der Waals surface area contributed by atoms with Gasteiger partial charge in [-0.1, -0.05) is 6.92 Å². The van der Waals surface area contributed by atoms with Crippen molar-refractivity contribution in [1.29, 1.82) is 0 Å². The molecular formula is C10H17N. The van der Waals surface area contributed by atoms with E-state index in [1.807, 2.05) is 0 Å². The van der Waals surface area contributed by atoms with Crippen LogP contribution >= 0.6 is 0 Å². The van der Waals surface area contributed by atoms with Gasteiger partial charge in [0.05, 0.1) is 0 Å². The van der Waals surface area contributed by atoms with Crippen LogP contribution in [0.3, 0.4) is 0 Å². The van der Waals surface area contributed by atoms with Gasteiger partial charge < -0.3 is 5.32 Å². The molecule has 1 aliphatic heterocycles. The third-order valence-electron chi connectivity index (χ3n) is 4.69. The van der Waals surface area contributed by atoms with E-state index in [1.54, 1.807) is 6.42 Å². The first-order valence-corrected chi connectivity index (χ1v) is 5.01. The molecule has 1 heterocycles. The predicted octanol–water partition coefficient (Wildman–Crippen LogP) is 1.64. The van der Waals surface area contributed by atoms with Crippen molar-refractivity contribution in [1.82, 2.24) is 5.32 Å². The third-order valence-corrected chi connectivity index (χ3v) is 4.69. The smallest absolute Gasteiger partial charge is 0.00112 e. The van der Waals surface area contributed by atoms with Crippen LogP contribution < -0.4 is 5.32 Å². The van der Waals surface area contributed by atoms with Crippen molar-refractivity contribution in [3.63, 3.8) is 0 Å². The minimum absolute atomic E-state index is 0.711. The zero-order valence-corrected chi connectivity index (χ0v) is 7.27. The second kappa shape index (κ2) is 1.82. The fourth-order valence-electron chi connectivity index (χ4n) is 3.99. The summed E-state index contributed by atoms with van der Waals surface area (Å²) < 4.78 is 0. The zero-order chi connectivity index (χ0) is 7.47. The van der Waals surface area contributed by atoms with Gasteiger partial charge in [-0.25, -0.2) is 0 Å². The van der Waals surface area contributed by atoms with Gasteiger partial charge in [-0.15, -0.1) is 0 Å². The maximum Gasteiger partial charge on any atom is 0.00112 e. The highest BCUT2D eigenvalue weighted by Gasteiger charge is 2.56. The maximum absolute atomic E-state index is 3.57. The lowest BCUT2D eigenvalue weighted by Gasteiger charge is -2.34. The lowest BCUT2D eigenvalue weighted by molar-refractivity contribution is 0.156. The van der Waals surface area contributed by atoms with Gasteiger partial charge in [0, 0.05) is 6.54 Å². The van der Waals surface area contributed by atoms with E-state index < -0.39 is 0 Å². The van der Waals surface area contributed by atoms with Crippen LogP contribution in [0.15, 0.2) is 0 Å². The van der Waals surface area contributed by atoms with Gasteiger partial charge in [0.2, 0.25) is 0 Å². The minimum Gasteiger partial charge on any atom is -0.316 e. The highest BCUT2D eigenvalue weighted by molar-refractivity contribution is 5.08. The number of hydrogen-bond acceptors (Lipinski definition) is 1. The Morgan fingerprint density at radius 2 is 2.27 bits per heavy atom. The number of nitrogens with one attached hydrogen (secondary N) is 1. The number of hydrogen-bond donors (Lipinski definition) is 1. The average molecular weight is 151 g/mol. The van der Waals surface area contributed by atoms with Crippen molar-refractivity contribution in [2.75, 3.05) is 13.1 Å². The van der Waals surface area contributed by atoms with Crippen LogP contribution in [-0.2, 0) is 0 Å². The molecule has 0 aromatic rings.